The third-order valence-corrected chi connectivity index (χ3v) is 2.80. The van der Waals surface area contributed by atoms with Gasteiger partial charge in [0.25, 0.3) is 0 Å². The van der Waals surface area contributed by atoms with Crippen molar-refractivity contribution in [1.29, 1.82) is 0 Å². The summed E-state index contributed by atoms with van der Waals surface area (Å²) in [5.74, 6) is -0.0863. The van der Waals surface area contributed by atoms with Crippen LogP contribution in [0, 0.1) is 13.3 Å². The molecular weight excluding hydrogens is 361 g/mol. The van der Waals surface area contributed by atoms with E-state index in [-0.39, 0.29) is 58.0 Å². The summed E-state index contributed by atoms with van der Waals surface area (Å²) < 4.78 is 0. The van der Waals surface area contributed by atoms with Gasteiger partial charge in [-0.05, 0) is 18.9 Å². The minimum absolute atomic E-state index is 0. The monoisotopic (exact) mass is 389 g/mol. The Bertz CT molecular complexity index is 327. The molecule has 1 radical (unpaired) electrons. The first-order chi connectivity index (χ1) is 9.42. The van der Waals surface area contributed by atoms with Crippen molar-refractivity contribution in [3.05, 3.63) is 7.43 Å². The molecule has 22 heavy (non-hydrogen) atoms. The van der Waals surface area contributed by atoms with Crippen LogP contribution < -0.4 is 21.7 Å². The Kier molecular flexibility index (Phi) is 18.4. The third-order valence-electron chi connectivity index (χ3n) is 2.80. The minimum Gasteiger partial charge on any atom is -0.540 e. The maximum absolute atomic E-state index is 12.0. The molecular formula is C14H28N4O3Y-2. The molecule has 0 heterocycles. The van der Waals surface area contributed by atoms with Crippen molar-refractivity contribution in [1.82, 2.24) is 16.0 Å². The molecule has 0 spiro atoms. The van der Waals surface area contributed by atoms with Gasteiger partial charge in [-0.3, -0.25) is 4.79 Å². The molecule has 0 aromatic heterocycles. The van der Waals surface area contributed by atoms with Gasteiger partial charge in [0.2, 0.25) is 5.91 Å². The molecule has 8 heteroatoms. The molecule has 0 fully saturated rings. The van der Waals surface area contributed by atoms with Crippen LogP contribution in [-0.4, -0.2) is 43.4 Å². The molecule has 0 saturated carbocycles. The molecule has 0 aromatic rings. The van der Waals surface area contributed by atoms with Crippen LogP contribution >= 0.6 is 0 Å². The summed E-state index contributed by atoms with van der Waals surface area (Å²) in [4.78, 5) is 33.4. The zero-order valence-electron chi connectivity index (χ0n) is 13.9. The summed E-state index contributed by atoms with van der Waals surface area (Å²) in [5.41, 5.74) is 4.92. The van der Waals surface area contributed by atoms with Gasteiger partial charge in [-0.1, -0.05) is 33.2 Å². The number of amides is 3. The fraction of sp³-hybridized carbons (Fsp3) is 0.714. The molecule has 3 amide bonds. The van der Waals surface area contributed by atoms with Gasteiger partial charge in [0, 0.05) is 39.3 Å². The average molecular weight is 389 g/mol. The van der Waals surface area contributed by atoms with E-state index in [1.165, 1.54) is 0 Å². The van der Waals surface area contributed by atoms with Crippen LogP contribution in [0.1, 0.15) is 33.6 Å². The molecule has 0 aliphatic carbocycles. The van der Waals surface area contributed by atoms with Crippen LogP contribution in [0.25, 0.3) is 0 Å². The van der Waals surface area contributed by atoms with Gasteiger partial charge in [0.15, 0.2) is 0 Å². The van der Waals surface area contributed by atoms with Gasteiger partial charge in [0.05, 0.1) is 6.04 Å². The van der Waals surface area contributed by atoms with Crippen LogP contribution in [0.2, 0.25) is 0 Å². The van der Waals surface area contributed by atoms with E-state index >= 15 is 0 Å². The second-order valence-corrected chi connectivity index (χ2v) is 4.89. The van der Waals surface area contributed by atoms with Crippen molar-refractivity contribution in [3.63, 3.8) is 0 Å². The van der Waals surface area contributed by atoms with Gasteiger partial charge in [-0.15, -0.1) is 0 Å². The Balaban J connectivity index is -0.00000180. The van der Waals surface area contributed by atoms with Crippen molar-refractivity contribution in [2.24, 2.45) is 11.7 Å². The predicted octanol–water partition coefficient (Wildman–Crippen LogP) is 0.111. The van der Waals surface area contributed by atoms with Crippen molar-refractivity contribution in [3.8, 4) is 0 Å². The molecule has 0 bridgehead atoms. The van der Waals surface area contributed by atoms with Crippen molar-refractivity contribution >= 4 is 18.2 Å². The molecule has 0 rings (SSSR count). The van der Waals surface area contributed by atoms with Gasteiger partial charge in [-0.2, -0.15) is 0 Å². The number of likely N-dealkylation sites (N-methyl/N-ethyl adjacent to an activating group) is 1. The quantitative estimate of drug-likeness (QED) is 0.314. The summed E-state index contributed by atoms with van der Waals surface area (Å²) in [6.45, 7) is 6.83. The summed E-state index contributed by atoms with van der Waals surface area (Å²) in [5, 5.41) is 8.15. The Morgan fingerprint density at radius 1 is 1.27 bits per heavy atom. The fourth-order valence-corrected chi connectivity index (χ4v) is 1.79. The predicted molar refractivity (Wildman–Crippen MR) is 83.2 cm³/mol. The van der Waals surface area contributed by atoms with Gasteiger partial charge >= 0.3 is 6.03 Å². The Hall–Kier alpha value is -0.526. The third kappa shape index (κ3) is 12.1. The average Bonchev–Trinajstić information content (AvgIpc) is 2.38. The molecule has 127 valence electrons. The number of hydrogen-bond acceptors (Lipinski definition) is 4. The van der Waals surface area contributed by atoms with E-state index in [1.807, 2.05) is 20.8 Å². The molecule has 0 aliphatic heterocycles. The Morgan fingerprint density at radius 2 is 1.86 bits per heavy atom. The maximum Gasteiger partial charge on any atom is 0.312 e. The van der Waals surface area contributed by atoms with Gasteiger partial charge in [-0.25, -0.2) is 11.1 Å². The number of urea groups is 1. The molecule has 5 N–H and O–H groups in total. The number of nitrogens with one attached hydrogen (secondary N) is 3. The molecule has 0 aliphatic rings. The van der Waals surface area contributed by atoms with Crippen LogP contribution in [0.15, 0.2) is 0 Å². The van der Waals surface area contributed by atoms with Gasteiger partial charge in [0.1, 0.15) is 0 Å². The first-order valence-corrected chi connectivity index (χ1v) is 6.87. The standard InChI is InChI=1S/C13H25N4O3.CH3.Y/c1-4-15-11(9(2)3)12(19)17-10(8-18)6-5-7-16-13(14)20;;/h9-11,15H,4-7H2,1-3H3,(H,17,19)(H3,14,16,20);1H3;/q2*-1;/t10-,11-;;/m0../s1. The Morgan fingerprint density at radius 3 is 2.27 bits per heavy atom. The first-order valence-electron chi connectivity index (χ1n) is 6.87. The van der Waals surface area contributed by atoms with Crippen LogP contribution in [-0.2, 0) is 42.3 Å². The maximum atomic E-state index is 12.0. The number of carbonyl (C=O) groups excluding carboxylic acids is 3. The van der Waals surface area contributed by atoms with E-state index in [0.717, 1.165) is 0 Å². The number of primary amides is 1. The molecule has 0 aromatic carbocycles. The van der Waals surface area contributed by atoms with E-state index in [9.17, 15) is 14.4 Å². The molecule has 7 nitrogen and oxygen atoms in total. The molecule has 2 atom stereocenters. The summed E-state index contributed by atoms with van der Waals surface area (Å²) in [6, 6.07) is -1.61. The Labute approximate surface area is 158 Å². The van der Waals surface area contributed by atoms with E-state index < -0.39 is 12.1 Å². The smallest absolute Gasteiger partial charge is 0.312 e. The fourth-order valence-electron chi connectivity index (χ4n) is 1.79. The SMILES string of the molecule is CCN[C@H](C(=O)N[C@H]([C-]=O)CCCNC(N)=O)C(C)C.[CH3-].[Y]. The minimum atomic E-state index is -0.669. The van der Waals surface area contributed by atoms with Crippen LogP contribution in [0.4, 0.5) is 4.79 Å². The second kappa shape index (κ2) is 15.4. The zero-order valence-corrected chi connectivity index (χ0v) is 16.8. The molecule has 0 unspecified atom stereocenters. The van der Waals surface area contributed by atoms with E-state index in [4.69, 9.17) is 5.73 Å². The van der Waals surface area contributed by atoms with Gasteiger partial charge < -0.3 is 33.9 Å². The van der Waals surface area contributed by atoms with E-state index in [1.54, 1.807) is 6.29 Å². The number of rotatable bonds is 10. The number of nitrogens with two attached hydrogens (primary N) is 1. The largest absolute Gasteiger partial charge is 0.540 e. The van der Waals surface area contributed by atoms with Crippen molar-refractivity contribution in [2.45, 2.75) is 45.7 Å². The first kappa shape index (κ1) is 26.4. The van der Waals surface area contributed by atoms with Crippen LogP contribution in [0.3, 0.4) is 0 Å². The van der Waals surface area contributed by atoms with Crippen LogP contribution in [0.5, 0.6) is 0 Å². The number of hydrogen-bond donors (Lipinski definition) is 4. The zero-order chi connectivity index (χ0) is 15.5. The topological polar surface area (TPSA) is 113 Å². The van der Waals surface area contributed by atoms with E-state index in [0.29, 0.717) is 25.9 Å². The normalized spacial score (nSPS) is 12.4. The summed E-state index contributed by atoms with van der Waals surface area (Å²) in [7, 11) is 0. The number of carbonyl (C=O) groups is 2. The van der Waals surface area contributed by atoms with Crippen molar-refractivity contribution in [2.75, 3.05) is 13.1 Å². The second-order valence-electron chi connectivity index (χ2n) is 4.89. The van der Waals surface area contributed by atoms with Crippen molar-refractivity contribution < 1.29 is 47.1 Å². The summed E-state index contributed by atoms with van der Waals surface area (Å²) >= 11 is 0. The molecule has 0 saturated heterocycles. The summed E-state index contributed by atoms with van der Waals surface area (Å²) in [6.07, 6.45) is 2.75. The van der Waals surface area contributed by atoms with E-state index in [2.05, 4.69) is 16.0 Å².